The lowest BCUT2D eigenvalue weighted by Crippen LogP contribution is -2.11. The molecule has 15 heteroatoms. The Labute approximate surface area is 222 Å². The molecule has 4 unspecified atom stereocenters. The molecule has 3 N–H and O–H groups in total. The molecule has 4 heterocycles. The van der Waals surface area contributed by atoms with E-state index in [0.717, 1.165) is 49.8 Å². The second-order valence-corrected chi connectivity index (χ2v) is 12.1. The number of imidazole rings is 2. The number of nitrogens with zero attached hydrogens (tertiary/aromatic N) is 6. The average molecular weight is 563 g/mol. The molecule has 0 amide bonds. The van der Waals surface area contributed by atoms with Gasteiger partial charge in [0.2, 0.25) is 0 Å². The predicted molar refractivity (Wildman–Crippen MR) is 140 cm³/mol. The molecule has 6 rings (SSSR count). The average Bonchev–Trinajstić information content (AvgIpc) is 3.67. The number of fused-ring (bicyclic) bond motifs is 2. The fourth-order valence-electron chi connectivity index (χ4n) is 5.64. The zero-order valence-corrected chi connectivity index (χ0v) is 22.4. The molecule has 4 aromatic rings. The minimum absolute atomic E-state index is 0.154. The Kier molecular flexibility index (Phi) is 6.80. The summed E-state index contributed by atoms with van der Waals surface area (Å²) in [5.41, 5.74) is 3.06. The van der Waals surface area contributed by atoms with Crippen LogP contribution in [0.25, 0.3) is 22.3 Å². The van der Waals surface area contributed by atoms with Crippen molar-refractivity contribution in [3.63, 3.8) is 0 Å². The molecular weight excluding hydrogens is 535 g/mol. The highest BCUT2D eigenvalue weighted by Crippen LogP contribution is 2.47. The monoisotopic (exact) mass is 562 g/mol. The summed E-state index contributed by atoms with van der Waals surface area (Å²) in [6.07, 6.45) is 12.0. The fourth-order valence-corrected chi connectivity index (χ4v) is 6.92. The van der Waals surface area contributed by atoms with Gasteiger partial charge in [0.1, 0.15) is 22.3 Å². The normalized spacial score (nSPS) is 25.8. The molecule has 0 bridgehead atoms. The van der Waals surface area contributed by atoms with Gasteiger partial charge in [-0.3, -0.25) is 9.05 Å². The molecule has 2 aliphatic rings. The van der Waals surface area contributed by atoms with Crippen LogP contribution in [0.3, 0.4) is 0 Å². The molecule has 12 nitrogen and oxygen atoms in total. The summed E-state index contributed by atoms with van der Waals surface area (Å²) in [7, 11) is -4.14. The molecule has 37 heavy (non-hydrogen) atoms. The lowest BCUT2D eigenvalue weighted by molar-refractivity contribution is 0.116. The zero-order valence-electron chi connectivity index (χ0n) is 19.9. The van der Waals surface area contributed by atoms with E-state index in [2.05, 4.69) is 39.0 Å². The standard InChI is InChI=1S/C22H27N8O4PS2/c31-35(32,33-7-13-1-3-15(5-13)29-11-27-17-19(29)23-9-25-21(17)36)34-8-14-2-4-16(6-14)30-12-28-18-20(30)24-10-26-22(18)37/h9-16H,1-8H2,(H,31,32)(H,23,25,36)(H,24,26,37). The van der Waals surface area contributed by atoms with Gasteiger partial charge in [0.05, 0.1) is 38.5 Å². The predicted octanol–water partition coefficient (Wildman–Crippen LogP) is 4.81. The van der Waals surface area contributed by atoms with E-state index in [9.17, 15) is 9.46 Å². The first-order valence-corrected chi connectivity index (χ1v) is 14.6. The summed E-state index contributed by atoms with van der Waals surface area (Å²) in [5.74, 6) is 0.309. The maximum absolute atomic E-state index is 12.6. The van der Waals surface area contributed by atoms with E-state index in [1.165, 1.54) is 0 Å². The number of hydrogen-bond acceptors (Lipinski definition) is 9. The molecular formula is C22H27N8O4PS2. The third-order valence-electron chi connectivity index (χ3n) is 7.52. The van der Waals surface area contributed by atoms with Gasteiger partial charge < -0.3 is 24.0 Å². The van der Waals surface area contributed by atoms with Crippen molar-refractivity contribution in [2.75, 3.05) is 13.2 Å². The van der Waals surface area contributed by atoms with E-state index in [1.807, 2.05) is 0 Å². The number of phosphoric ester groups is 1. The minimum Gasteiger partial charge on any atom is -0.330 e. The molecule has 2 aliphatic carbocycles. The first-order valence-electron chi connectivity index (χ1n) is 12.3. The molecule has 2 saturated carbocycles. The number of hydrogen-bond donors (Lipinski definition) is 3. The van der Waals surface area contributed by atoms with E-state index >= 15 is 0 Å². The smallest absolute Gasteiger partial charge is 0.330 e. The Bertz CT molecular complexity index is 1480. The first kappa shape index (κ1) is 25.0. The third kappa shape index (κ3) is 5.06. The topological polar surface area (TPSA) is 149 Å². The van der Waals surface area contributed by atoms with Gasteiger partial charge in [-0.2, -0.15) is 0 Å². The molecule has 0 saturated heterocycles. The Morgan fingerprint density at radius 2 is 1.30 bits per heavy atom. The van der Waals surface area contributed by atoms with E-state index in [-0.39, 0.29) is 37.1 Å². The van der Waals surface area contributed by atoms with E-state index < -0.39 is 7.82 Å². The molecule has 4 aromatic heterocycles. The third-order valence-corrected chi connectivity index (χ3v) is 9.07. The van der Waals surface area contributed by atoms with Crippen molar-refractivity contribution < 1.29 is 18.5 Å². The van der Waals surface area contributed by atoms with E-state index in [1.54, 1.807) is 25.3 Å². The van der Waals surface area contributed by atoms with Crippen LogP contribution >= 0.6 is 32.3 Å². The first-order chi connectivity index (χ1) is 17.9. The van der Waals surface area contributed by atoms with E-state index in [0.29, 0.717) is 20.3 Å². The number of phosphoric acid groups is 1. The number of rotatable bonds is 8. The summed E-state index contributed by atoms with van der Waals surface area (Å²) in [5, 5.41) is 0. The quantitative estimate of drug-likeness (QED) is 0.202. The van der Waals surface area contributed by atoms with Crippen LogP contribution in [0.4, 0.5) is 0 Å². The second-order valence-electron chi connectivity index (χ2n) is 9.84. The molecule has 0 spiro atoms. The fraction of sp³-hybridized carbons (Fsp3) is 0.545. The van der Waals surface area contributed by atoms with Gasteiger partial charge in [-0.1, -0.05) is 24.4 Å². The summed E-state index contributed by atoms with van der Waals surface area (Å²) in [4.78, 5) is 33.5. The SMILES string of the molecule is O=P(O)(OCC1CCC(n2cnc3c(=S)nc[nH]c32)C1)OCC1CCC(n2cnc3c(=S)nc[nH]c32)C1. The molecule has 0 radical (unpaired) electrons. The van der Waals surface area contributed by atoms with Crippen LogP contribution in [0.15, 0.2) is 25.3 Å². The Hall–Kier alpha value is -2.35. The number of nitrogens with one attached hydrogen (secondary N) is 2. The van der Waals surface area contributed by atoms with Crippen LogP contribution in [0, 0.1) is 21.1 Å². The van der Waals surface area contributed by atoms with Crippen LogP contribution in [0.2, 0.25) is 0 Å². The molecule has 4 atom stereocenters. The number of aromatic nitrogens is 8. The van der Waals surface area contributed by atoms with Crippen molar-refractivity contribution in [1.82, 2.24) is 39.0 Å². The highest BCUT2D eigenvalue weighted by Gasteiger charge is 2.33. The van der Waals surface area contributed by atoms with Crippen molar-refractivity contribution in [3.8, 4) is 0 Å². The summed E-state index contributed by atoms with van der Waals surface area (Å²) in [6.45, 7) is 0.353. The van der Waals surface area contributed by atoms with Crippen LogP contribution < -0.4 is 0 Å². The lowest BCUT2D eigenvalue weighted by atomic mass is 10.1. The van der Waals surface area contributed by atoms with Crippen molar-refractivity contribution in [2.24, 2.45) is 11.8 Å². The maximum atomic E-state index is 12.6. The van der Waals surface area contributed by atoms with Crippen molar-refractivity contribution in [1.29, 1.82) is 0 Å². The summed E-state index contributed by atoms with van der Waals surface area (Å²) in [6, 6.07) is 0.426. The van der Waals surface area contributed by atoms with Gasteiger partial charge >= 0.3 is 7.82 Å². The molecule has 0 aromatic carbocycles. The van der Waals surface area contributed by atoms with Crippen molar-refractivity contribution >= 4 is 54.6 Å². The summed E-state index contributed by atoms with van der Waals surface area (Å²) < 4.78 is 28.5. The van der Waals surface area contributed by atoms with Crippen LogP contribution in [-0.2, 0) is 13.6 Å². The van der Waals surface area contributed by atoms with Gasteiger partial charge in [0.15, 0.2) is 9.28 Å². The van der Waals surface area contributed by atoms with Gasteiger partial charge in [-0.05, 0) is 50.4 Å². The maximum Gasteiger partial charge on any atom is 0.472 e. The lowest BCUT2D eigenvalue weighted by Gasteiger charge is -2.18. The minimum atomic E-state index is -4.14. The van der Waals surface area contributed by atoms with Gasteiger partial charge in [0.25, 0.3) is 0 Å². The van der Waals surface area contributed by atoms with Crippen molar-refractivity contribution in [2.45, 2.75) is 50.6 Å². The second kappa shape index (κ2) is 10.1. The highest BCUT2D eigenvalue weighted by molar-refractivity contribution is 7.71. The zero-order chi connectivity index (χ0) is 25.6. The van der Waals surface area contributed by atoms with Gasteiger partial charge in [0, 0.05) is 12.1 Å². The Morgan fingerprint density at radius 3 is 1.76 bits per heavy atom. The number of H-pyrrole nitrogens is 2. The molecule has 196 valence electrons. The Balaban J connectivity index is 0.997. The van der Waals surface area contributed by atoms with Crippen LogP contribution in [0.1, 0.15) is 50.6 Å². The van der Waals surface area contributed by atoms with Crippen LogP contribution in [0.5, 0.6) is 0 Å². The largest absolute Gasteiger partial charge is 0.472 e. The molecule has 0 aliphatic heterocycles. The van der Waals surface area contributed by atoms with E-state index in [4.69, 9.17) is 33.5 Å². The highest BCUT2D eigenvalue weighted by atomic mass is 32.1. The van der Waals surface area contributed by atoms with Crippen LogP contribution in [-0.4, -0.2) is 57.1 Å². The summed E-state index contributed by atoms with van der Waals surface area (Å²) >= 11 is 10.5. The number of aromatic amines is 2. The molecule has 2 fully saturated rings. The van der Waals surface area contributed by atoms with Crippen molar-refractivity contribution in [3.05, 3.63) is 34.6 Å². The Morgan fingerprint density at radius 1 is 0.838 bits per heavy atom. The van der Waals surface area contributed by atoms with Gasteiger partial charge in [-0.15, -0.1) is 0 Å². The van der Waals surface area contributed by atoms with Gasteiger partial charge in [-0.25, -0.2) is 24.5 Å².